The minimum atomic E-state index is -0.322. The Bertz CT molecular complexity index is 379. The Labute approximate surface area is 83.1 Å². The summed E-state index contributed by atoms with van der Waals surface area (Å²) in [5.41, 5.74) is 7.41. The SMILES string of the molecule is BN(C=O)C(=O)c1ccc(N)cc1C. The van der Waals surface area contributed by atoms with Crippen LogP contribution in [0.5, 0.6) is 0 Å². The molecule has 72 valence electrons. The summed E-state index contributed by atoms with van der Waals surface area (Å²) in [7, 11) is 1.42. The zero-order chi connectivity index (χ0) is 10.7. The highest BCUT2D eigenvalue weighted by molar-refractivity contribution is 6.24. The van der Waals surface area contributed by atoms with Gasteiger partial charge in [0.2, 0.25) is 20.3 Å². The molecule has 0 spiro atoms. The first-order valence-corrected chi connectivity index (χ1v) is 4.15. The molecule has 4 nitrogen and oxygen atoms in total. The predicted octanol–water partition coefficient (Wildman–Crippen LogP) is -0.276. The number of anilines is 1. The highest BCUT2D eigenvalue weighted by Gasteiger charge is 2.12. The molecule has 2 N–H and O–H groups in total. The standard InChI is InChI=1S/C9H11BN2O2/c1-6-4-7(11)2-3-8(6)9(14)12(10)5-13/h2-5H,10-11H2,1H3. The molecule has 0 aliphatic carbocycles. The average Bonchev–Trinajstić information content (AvgIpc) is 2.15. The Balaban J connectivity index is 3.07. The number of rotatable bonds is 2. The second-order valence-electron chi connectivity index (χ2n) is 3.10. The Morgan fingerprint density at radius 2 is 2.21 bits per heavy atom. The van der Waals surface area contributed by atoms with Crippen molar-refractivity contribution in [2.75, 3.05) is 5.73 Å². The van der Waals surface area contributed by atoms with E-state index < -0.39 is 0 Å². The molecule has 0 unspecified atom stereocenters. The van der Waals surface area contributed by atoms with Crippen molar-refractivity contribution in [3.8, 4) is 0 Å². The van der Waals surface area contributed by atoms with E-state index in [2.05, 4.69) is 0 Å². The summed E-state index contributed by atoms with van der Waals surface area (Å²) in [6, 6.07) is 4.96. The maximum atomic E-state index is 11.6. The van der Waals surface area contributed by atoms with Crippen LogP contribution in [-0.4, -0.2) is 25.1 Å². The highest BCUT2D eigenvalue weighted by atomic mass is 16.2. The van der Waals surface area contributed by atoms with E-state index in [4.69, 9.17) is 5.73 Å². The molecule has 0 bridgehead atoms. The van der Waals surface area contributed by atoms with E-state index in [0.29, 0.717) is 17.7 Å². The molecule has 5 heteroatoms. The molecule has 0 aliphatic rings. The number of amides is 2. The Morgan fingerprint density at radius 3 is 2.71 bits per heavy atom. The molecule has 2 amide bonds. The van der Waals surface area contributed by atoms with Crippen molar-refractivity contribution in [2.45, 2.75) is 6.92 Å². The van der Waals surface area contributed by atoms with E-state index >= 15 is 0 Å². The third-order valence-electron chi connectivity index (χ3n) is 1.96. The lowest BCUT2D eigenvalue weighted by Gasteiger charge is -2.11. The fourth-order valence-corrected chi connectivity index (χ4v) is 1.16. The fraction of sp³-hybridized carbons (Fsp3) is 0.111. The maximum Gasteiger partial charge on any atom is 0.247 e. The van der Waals surface area contributed by atoms with Crippen molar-refractivity contribution in [3.05, 3.63) is 29.3 Å². The van der Waals surface area contributed by atoms with Gasteiger partial charge in [0.1, 0.15) is 0 Å². The van der Waals surface area contributed by atoms with E-state index in [1.54, 1.807) is 25.1 Å². The van der Waals surface area contributed by atoms with Gasteiger partial charge in [-0.05, 0) is 30.7 Å². The summed E-state index contributed by atoms with van der Waals surface area (Å²) < 4.78 is 0. The number of carbonyl (C=O) groups excluding carboxylic acids is 2. The van der Waals surface area contributed by atoms with Gasteiger partial charge < -0.3 is 10.5 Å². The van der Waals surface area contributed by atoms with Crippen LogP contribution in [0.15, 0.2) is 18.2 Å². The lowest BCUT2D eigenvalue weighted by Crippen LogP contribution is -2.27. The Kier molecular flexibility index (Phi) is 2.91. The summed E-state index contributed by atoms with van der Waals surface area (Å²) >= 11 is 0. The number of imide groups is 1. The number of nitrogens with zero attached hydrogens (tertiary/aromatic N) is 1. The van der Waals surface area contributed by atoms with Gasteiger partial charge in [-0.3, -0.25) is 9.59 Å². The van der Waals surface area contributed by atoms with Gasteiger partial charge in [0, 0.05) is 11.3 Å². The van der Waals surface area contributed by atoms with Crippen LogP contribution in [0.4, 0.5) is 5.69 Å². The molecular formula is C9H11BN2O2. The van der Waals surface area contributed by atoms with Gasteiger partial charge in [-0.1, -0.05) is 0 Å². The Hall–Kier alpha value is -1.78. The first-order chi connectivity index (χ1) is 6.56. The molecule has 1 aromatic carbocycles. The van der Waals surface area contributed by atoms with Crippen LogP contribution >= 0.6 is 0 Å². The van der Waals surface area contributed by atoms with Crippen LogP contribution in [0.2, 0.25) is 0 Å². The van der Waals surface area contributed by atoms with Gasteiger partial charge in [0.05, 0.1) is 0 Å². The molecule has 0 saturated heterocycles. The monoisotopic (exact) mass is 190 g/mol. The minimum absolute atomic E-state index is 0.322. The van der Waals surface area contributed by atoms with Crippen LogP contribution in [0.1, 0.15) is 15.9 Å². The number of benzene rings is 1. The third kappa shape index (κ3) is 1.93. The smallest absolute Gasteiger partial charge is 0.247 e. The summed E-state index contributed by atoms with van der Waals surface area (Å²) in [5.74, 6) is -0.322. The number of hydrogen-bond donors (Lipinski definition) is 1. The zero-order valence-corrected chi connectivity index (χ0v) is 8.15. The lowest BCUT2D eigenvalue weighted by molar-refractivity contribution is -0.112. The van der Waals surface area contributed by atoms with Gasteiger partial charge in [0.25, 0.3) is 0 Å². The van der Waals surface area contributed by atoms with Crippen LogP contribution in [-0.2, 0) is 4.79 Å². The lowest BCUT2D eigenvalue weighted by atomic mass is 10.1. The summed E-state index contributed by atoms with van der Waals surface area (Å²) in [4.78, 5) is 22.9. The minimum Gasteiger partial charge on any atom is -0.399 e. The quantitative estimate of drug-likeness (QED) is 0.396. The second kappa shape index (κ2) is 3.96. The molecule has 0 aromatic heterocycles. The molecule has 0 saturated carbocycles. The topological polar surface area (TPSA) is 63.4 Å². The number of nitrogens with two attached hydrogens (primary N) is 1. The molecule has 0 fully saturated rings. The molecule has 0 atom stereocenters. The van der Waals surface area contributed by atoms with Crippen molar-refractivity contribution in [3.63, 3.8) is 0 Å². The third-order valence-corrected chi connectivity index (χ3v) is 1.96. The first kappa shape index (κ1) is 10.3. The number of hydrogen-bond acceptors (Lipinski definition) is 3. The van der Waals surface area contributed by atoms with E-state index in [9.17, 15) is 9.59 Å². The predicted molar refractivity (Wildman–Crippen MR) is 56.4 cm³/mol. The van der Waals surface area contributed by atoms with Gasteiger partial charge in [-0.2, -0.15) is 0 Å². The molecule has 1 aromatic rings. The first-order valence-electron chi connectivity index (χ1n) is 4.15. The fourth-order valence-electron chi connectivity index (χ4n) is 1.16. The maximum absolute atomic E-state index is 11.6. The van der Waals surface area contributed by atoms with E-state index in [1.807, 2.05) is 0 Å². The van der Waals surface area contributed by atoms with Gasteiger partial charge in [-0.15, -0.1) is 0 Å². The van der Waals surface area contributed by atoms with Gasteiger partial charge >= 0.3 is 0 Å². The Morgan fingerprint density at radius 1 is 1.57 bits per heavy atom. The van der Waals surface area contributed by atoms with E-state index in [0.717, 1.165) is 10.4 Å². The zero-order valence-electron chi connectivity index (χ0n) is 8.15. The summed E-state index contributed by atoms with van der Waals surface area (Å²) in [6.45, 7) is 1.78. The van der Waals surface area contributed by atoms with Crippen molar-refractivity contribution < 1.29 is 9.59 Å². The molecule has 1 rings (SSSR count). The molecular weight excluding hydrogens is 179 g/mol. The van der Waals surface area contributed by atoms with E-state index in [1.165, 1.54) is 7.98 Å². The normalized spacial score (nSPS) is 9.50. The van der Waals surface area contributed by atoms with Crippen LogP contribution in [0.25, 0.3) is 0 Å². The van der Waals surface area contributed by atoms with Crippen molar-refractivity contribution in [1.82, 2.24) is 4.81 Å². The summed E-state index contributed by atoms with van der Waals surface area (Å²) in [5, 5.41) is 0. The number of carbonyl (C=O) groups is 2. The molecule has 14 heavy (non-hydrogen) atoms. The number of aryl methyl sites for hydroxylation is 1. The van der Waals surface area contributed by atoms with E-state index in [-0.39, 0.29) is 5.91 Å². The molecule has 0 aliphatic heterocycles. The van der Waals surface area contributed by atoms with Crippen LogP contribution in [0, 0.1) is 6.92 Å². The second-order valence-corrected chi connectivity index (χ2v) is 3.10. The average molecular weight is 190 g/mol. The van der Waals surface area contributed by atoms with Gasteiger partial charge in [0.15, 0.2) is 0 Å². The van der Waals surface area contributed by atoms with Crippen LogP contribution in [0.3, 0.4) is 0 Å². The van der Waals surface area contributed by atoms with Gasteiger partial charge in [-0.25, -0.2) is 0 Å². The largest absolute Gasteiger partial charge is 0.399 e. The molecule has 0 heterocycles. The highest BCUT2D eigenvalue weighted by Crippen LogP contribution is 2.13. The molecule has 0 radical (unpaired) electrons. The summed E-state index contributed by atoms with van der Waals surface area (Å²) in [6.07, 6.45) is 0.484. The van der Waals surface area contributed by atoms with Crippen molar-refractivity contribution >= 4 is 26.0 Å². The van der Waals surface area contributed by atoms with Crippen molar-refractivity contribution in [1.29, 1.82) is 0 Å². The number of nitrogen functional groups attached to an aromatic ring is 1. The van der Waals surface area contributed by atoms with Crippen molar-refractivity contribution in [2.24, 2.45) is 0 Å². The van der Waals surface area contributed by atoms with Crippen LogP contribution < -0.4 is 5.73 Å².